The largest absolute Gasteiger partial charge is 0.494 e. The summed E-state index contributed by atoms with van der Waals surface area (Å²) in [5.74, 6) is 0.274. The van der Waals surface area contributed by atoms with Crippen molar-refractivity contribution in [3.8, 4) is 5.75 Å². The van der Waals surface area contributed by atoms with Crippen molar-refractivity contribution in [1.82, 2.24) is 0 Å². The van der Waals surface area contributed by atoms with Gasteiger partial charge in [-0.1, -0.05) is 23.4 Å². The molecule has 0 saturated carbocycles. The lowest BCUT2D eigenvalue weighted by atomic mass is 10.1. The number of para-hydroxylation sites is 1. The van der Waals surface area contributed by atoms with Crippen LogP contribution < -0.4 is 4.74 Å². The number of hydrogen-bond donors (Lipinski definition) is 0. The van der Waals surface area contributed by atoms with E-state index in [1.54, 1.807) is 13.8 Å². The van der Waals surface area contributed by atoms with Gasteiger partial charge in [-0.2, -0.15) is 0 Å². The van der Waals surface area contributed by atoms with E-state index in [0.29, 0.717) is 19.4 Å². The average Bonchev–Trinajstić information content (AvgIpc) is 2.43. The molecular formula is C15H21NO4. The van der Waals surface area contributed by atoms with Gasteiger partial charge in [-0.3, -0.25) is 0 Å². The quantitative estimate of drug-likeness (QED) is 0.395. The van der Waals surface area contributed by atoms with Gasteiger partial charge in [0.25, 0.3) is 0 Å². The number of carbonyl (C=O) groups is 1. The van der Waals surface area contributed by atoms with Crippen molar-refractivity contribution in [1.29, 1.82) is 0 Å². The second kappa shape index (κ2) is 9.07. The first-order valence-electron chi connectivity index (χ1n) is 6.84. The molecule has 0 aromatic heterocycles. The summed E-state index contributed by atoms with van der Waals surface area (Å²) in [6.07, 6.45) is 1.62. The Bertz CT molecular complexity index is 406. The minimum Gasteiger partial charge on any atom is -0.494 e. The molecule has 1 rings (SSSR count). The van der Waals surface area contributed by atoms with E-state index in [-0.39, 0.29) is 6.10 Å². The highest BCUT2D eigenvalue weighted by atomic mass is 16.5. The third kappa shape index (κ3) is 6.31. The summed E-state index contributed by atoms with van der Waals surface area (Å²) >= 11 is 0. The molecule has 0 radical (unpaired) electrons. The molecule has 0 aliphatic rings. The van der Waals surface area contributed by atoms with Crippen LogP contribution in [0.2, 0.25) is 0 Å². The average molecular weight is 279 g/mol. The summed E-state index contributed by atoms with van der Waals surface area (Å²) in [6, 6.07) is 8.60. The van der Waals surface area contributed by atoms with Crippen LogP contribution in [0.3, 0.4) is 0 Å². The van der Waals surface area contributed by atoms with Crippen molar-refractivity contribution in [2.24, 2.45) is 5.18 Å². The maximum Gasteiger partial charge on any atom is 0.334 e. The van der Waals surface area contributed by atoms with Gasteiger partial charge in [0.1, 0.15) is 5.75 Å². The van der Waals surface area contributed by atoms with Gasteiger partial charge < -0.3 is 9.47 Å². The Morgan fingerprint density at radius 1 is 1.20 bits per heavy atom. The molecule has 1 aromatic rings. The van der Waals surface area contributed by atoms with Crippen molar-refractivity contribution in [3.63, 3.8) is 0 Å². The third-order valence-electron chi connectivity index (χ3n) is 2.64. The normalized spacial score (nSPS) is 11.9. The van der Waals surface area contributed by atoms with Crippen LogP contribution in [0, 0.1) is 4.91 Å². The van der Waals surface area contributed by atoms with Crippen molar-refractivity contribution in [2.75, 3.05) is 6.61 Å². The Balaban J connectivity index is 2.18. The molecule has 0 spiro atoms. The Labute approximate surface area is 119 Å². The zero-order valence-corrected chi connectivity index (χ0v) is 12.0. The number of benzene rings is 1. The lowest BCUT2D eigenvalue weighted by Gasteiger charge is -2.12. The molecule has 5 nitrogen and oxygen atoms in total. The molecule has 20 heavy (non-hydrogen) atoms. The van der Waals surface area contributed by atoms with Gasteiger partial charge in [0.15, 0.2) is 6.04 Å². The summed E-state index contributed by atoms with van der Waals surface area (Å²) in [5.41, 5.74) is 0. The predicted molar refractivity (Wildman–Crippen MR) is 76.6 cm³/mol. The van der Waals surface area contributed by atoms with Gasteiger partial charge >= 0.3 is 5.97 Å². The van der Waals surface area contributed by atoms with E-state index in [0.717, 1.165) is 12.2 Å². The maximum absolute atomic E-state index is 11.5. The van der Waals surface area contributed by atoms with Crippen LogP contribution in [0.4, 0.5) is 0 Å². The number of nitrogens with zero attached hydrogens (tertiary/aromatic N) is 1. The van der Waals surface area contributed by atoms with Crippen LogP contribution in [0.25, 0.3) is 0 Å². The lowest BCUT2D eigenvalue weighted by Crippen LogP contribution is -2.24. The van der Waals surface area contributed by atoms with E-state index in [9.17, 15) is 9.70 Å². The zero-order valence-electron chi connectivity index (χ0n) is 12.0. The van der Waals surface area contributed by atoms with Crippen LogP contribution in [-0.2, 0) is 9.53 Å². The number of hydrogen-bond acceptors (Lipinski definition) is 5. The van der Waals surface area contributed by atoms with Crippen LogP contribution in [-0.4, -0.2) is 24.7 Å². The van der Waals surface area contributed by atoms with E-state index in [1.807, 2.05) is 30.3 Å². The van der Waals surface area contributed by atoms with Crippen molar-refractivity contribution < 1.29 is 14.3 Å². The van der Waals surface area contributed by atoms with Gasteiger partial charge in [0.2, 0.25) is 0 Å². The first-order valence-corrected chi connectivity index (χ1v) is 6.84. The Morgan fingerprint density at radius 3 is 2.50 bits per heavy atom. The highest BCUT2D eigenvalue weighted by Gasteiger charge is 2.21. The summed E-state index contributed by atoms with van der Waals surface area (Å²) in [4.78, 5) is 22.2. The Hall–Kier alpha value is -1.91. The van der Waals surface area contributed by atoms with Gasteiger partial charge in [-0.05, 0) is 45.2 Å². The number of carbonyl (C=O) groups excluding carboxylic acids is 1. The fraction of sp³-hybridized carbons (Fsp3) is 0.533. The van der Waals surface area contributed by atoms with Crippen molar-refractivity contribution in [3.05, 3.63) is 35.2 Å². The van der Waals surface area contributed by atoms with Crippen LogP contribution in [0.15, 0.2) is 35.5 Å². The van der Waals surface area contributed by atoms with E-state index >= 15 is 0 Å². The maximum atomic E-state index is 11.5. The molecule has 1 aromatic carbocycles. The summed E-state index contributed by atoms with van der Waals surface area (Å²) in [5, 5.41) is 2.83. The van der Waals surface area contributed by atoms with Crippen LogP contribution in [0.5, 0.6) is 5.75 Å². The molecule has 0 heterocycles. The number of unbranched alkanes of at least 4 members (excludes halogenated alkanes) is 1. The summed E-state index contributed by atoms with van der Waals surface area (Å²) < 4.78 is 10.5. The highest BCUT2D eigenvalue weighted by Crippen LogP contribution is 2.11. The second-order valence-electron chi connectivity index (χ2n) is 4.76. The zero-order chi connectivity index (χ0) is 14.8. The molecular weight excluding hydrogens is 258 g/mol. The summed E-state index contributed by atoms with van der Waals surface area (Å²) in [7, 11) is 0. The van der Waals surface area contributed by atoms with Crippen molar-refractivity contribution in [2.45, 2.75) is 45.3 Å². The molecule has 0 amide bonds. The smallest absolute Gasteiger partial charge is 0.334 e. The second-order valence-corrected chi connectivity index (χ2v) is 4.76. The molecule has 5 heteroatoms. The minimum atomic E-state index is -0.908. The number of ether oxygens (including phenoxy) is 2. The molecule has 0 aliphatic carbocycles. The monoisotopic (exact) mass is 279 g/mol. The number of rotatable bonds is 9. The van der Waals surface area contributed by atoms with Crippen molar-refractivity contribution >= 4 is 5.97 Å². The number of esters is 1. The standard InChI is InChI=1S/C15H21NO4/c1-12(2)20-15(17)14(16-18)10-6-7-11-19-13-8-4-3-5-9-13/h3-5,8-9,12,14H,6-7,10-11H2,1-2H3. The molecule has 0 aliphatic heterocycles. The minimum absolute atomic E-state index is 0.229. The number of nitroso groups, excluding NO2 is 1. The Morgan fingerprint density at radius 2 is 1.90 bits per heavy atom. The van der Waals surface area contributed by atoms with E-state index < -0.39 is 12.0 Å². The SMILES string of the molecule is CC(C)OC(=O)C(CCCCOc1ccccc1)N=O. The van der Waals surface area contributed by atoms with Gasteiger partial charge in [-0.25, -0.2) is 4.79 Å². The van der Waals surface area contributed by atoms with Gasteiger partial charge in [0.05, 0.1) is 12.7 Å². The molecule has 1 atom stereocenters. The molecule has 0 fully saturated rings. The molecule has 0 saturated heterocycles. The van der Waals surface area contributed by atoms with E-state index in [2.05, 4.69) is 5.18 Å². The predicted octanol–water partition coefficient (Wildman–Crippen LogP) is 3.32. The van der Waals surface area contributed by atoms with Crippen LogP contribution >= 0.6 is 0 Å². The van der Waals surface area contributed by atoms with E-state index in [1.165, 1.54) is 0 Å². The first kappa shape index (κ1) is 16.1. The molecule has 0 N–H and O–H groups in total. The van der Waals surface area contributed by atoms with Gasteiger partial charge in [-0.15, -0.1) is 4.91 Å². The topological polar surface area (TPSA) is 65.0 Å². The third-order valence-corrected chi connectivity index (χ3v) is 2.64. The van der Waals surface area contributed by atoms with Crippen LogP contribution in [0.1, 0.15) is 33.1 Å². The summed E-state index contributed by atoms with van der Waals surface area (Å²) in [6.45, 7) is 4.04. The Kier molecular flexibility index (Phi) is 7.32. The lowest BCUT2D eigenvalue weighted by molar-refractivity contribution is -0.149. The molecule has 1 unspecified atom stereocenters. The first-order chi connectivity index (χ1) is 9.63. The highest BCUT2D eigenvalue weighted by molar-refractivity contribution is 5.76. The fourth-order valence-electron chi connectivity index (χ4n) is 1.67. The molecule has 110 valence electrons. The molecule has 0 bridgehead atoms. The fourth-order valence-corrected chi connectivity index (χ4v) is 1.67. The van der Waals surface area contributed by atoms with Gasteiger partial charge in [0, 0.05) is 0 Å². The van der Waals surface area contributed by atoms with E-state index in [4.69, 9.17) is 9.47 Å².